The summed E-state index contributed by atoms with van der Waals surface area (Å²) < 4.78 is 1.14. The normalized spacial score (nSPS) is 10.9. The Bertz CT molecular complexity index is 1090. The van der Waals surface area contributed by atoms with Gasteiger partial charge in [-0.3, -0.25) is 24.3 Å². The van der Waals surface area contributed by atoms with Crippen LogP contribution in [0.15, 0.2) is 53.6 Å². The molecule has 3 rings (SSSR count). The van der Waals surface area contributed by atoms with Gasteiger partial charge in [0.15, 0.2) is 0 Å². The van der Waals surface area contributed by atoms with Crippen LogP contribution in [0.5, 0.6) is 0 Å². The minimum atomic E-state index is -0.578. The van der Waals surface area contributed by atoms with E-state index in [2.05, 4.69) is 10.3 Å². The molecule has 0 bridgehead atoms. The van der Waals surface area contributed by atoms with Crippen LogP contribution in [0, 0.1) is 10.1 Å². The summed E-state index contributed by atoms with van der Waals surface area (Å²) in [6.45, 7) is 3.81. The van der Waals surface area contributed by atoms with E-state index in [1.54, 1.807) is 6.07 Å². The molecule has 0 aliphatic carbocycles. The van der Waals surface area contributed by atoms with Crippen molar-refractivity contribution in [3.8, 4) is 0 Å². The van der Waals surface area contributed by atoms with Gasteiger partial charge in [-0.1, -0.05) is 32.0 Å². The van der Waals surface area contributed by atoms with E-state index in [-0.39, 0.29) is 29.4 Å². The fourth-order valence-electron chi connectivity index (χ4n) is 2.83. The van der Waals surface area contributed by atoms with Crippen molar-refractivity contribution in [1.29, 1.82) is 0 Å². The Balaban J connectivity index is 1.88. The molecule has 1 aromatic heterocycles. The number of non-ortho nitro benzene ring substituents is 1. The summed E-state index contributed by atoms with van der Waals surface area (Å²) in [6, 6.07) is 11.3. The summed E-state index contributed by atoms with van der Waals surface area (Å²) in [5.41, 5.74) is 1.32. The van der Waals surface area contributed by atoms with Gasteiger partial charge in [0.05, 0.1) is 22.2 Å². The smallest absolute Gasteiger partial charge is 0.270 e. The van der Waals surface area contributed by atoms with Crippen molar-refractivity contribution < 1.29 is 9.72 Å². The molecular formula is C19H18N4O4. The molecule has 0 spiro atoms. The van der Waals surface area contributed by atoms with Crippen LogP contribution in [0.4, 0.5) is 11.4 Å². The first-order valence-electron chi connectivity index (χ1n) is 8.39. The van der Waals surface area contributed by atoms with Crippen molar-refractivity contribution in [1.82, 2.24) is 9.55 Å². The zero-order valence-corrected chi connectivity index (χ0v) is 14.9. The number of aromatic nitrogens is 2. The van der Waals surface area contributed by atoms with E-state index < -0.39 is 10.5 Å². The molecule has 0 fully saturated rings. The highest BCUT2D eigenvalue weighted by molar-refractivity contribution is 5.91. The van der Waals surface area contributed by atoms with Gasteiger partial charge in [0.2, 0.25) is 5.91 Å². The Labute approximate surface area is 154 Å². The van der Waals surface area contributed by atoms with Crippen LogP contribution in [0.1, 0.15) is 25.3 Å². The number of rotatable bonds is 5. The van der Waals surface area contributed by atoms with Crippen LogP contribution in [0.3, 0.4) is 0 Å². The lowest BCUT2D eigenvalue weighted by Crippen LogP contribution is -2.28. The summed E-state index contributed by atoms with van der Waals surface area (Å²) in [4.78, 5) is 39.5. The maximum Gasteiger partial charge on any atom is 0.270 e. The number of nitrogens with zero attached hydrogens (tertiary/aromatic N) is 3. The third-order valence-electron chi connectivity index (χ3n) is 4.19. The van der Waals surface area contributed by atoms with Crippen molar-refractivity contribution in [2.75, 3.05) is 5.32 Å². The van der Waals surface area contributed by atoms with Gasteiger partial charge in [-0.25, -0.2) is 4.98 Å². The number of hydrogen-bond acceptors (Lipinski definition) is 5. The molecule has 0 saturated heterocycles. The van der Waals surface area contributed by atoms with Gasteiger partial charge in [-0.05, 0) is 23.6 Å². The summed E-state index contributed by atoms with van der Waals surface area (Å²) in [7, 11) is 0. The predicted octanol–water partition coefficient (Wildman–Crippen LogP) is 3.07. The van der Waals surface area contributed by atoms with E-state index >= 15 is 0 Å². The van der Waals surface area contributed by atoms with Crippen LogP contribution < -0.4 is 10.9 Å². The van der Waals surface area contributed by atoms with Crippen LogP contribution in [0.2, 0.25) is 0 Å². The Morgan fingerprint density at radius 1 is 1.26 bits per heavy atom. The second-order valence-electron chi connectivity index (χ2n) is 6.43. The molecule has 0 radical (unpaired) electrons. The SMILES string of the molecule is CC(C)c1ccccc1NC(=O)Cn1cnc2ccc([N+](=O)[O-])cc2c1=O. The molecule has 0 aliphatic rings. The van der Waals surface area contributed by atoms with Crippen molar-refractivity contribution in [2.24, 2.45) is 0 Å². The molecule has 1 N–H and O–H groups in total. The molecule has 0 saturated carbocycles. The molecule has 1 amide bonds. The van der Waals surface area contributed by atoms with Crippen LogP contribution in [-0.2, 0) is 11.3 Å². The van der Waals surface area contributed by atoms with Crippen molar-refractivity contribution in [2.45, 2.75) is 26.3 Å². The zero-order valence-electron chi connectivity index (χ0n) is 14.9. The second kappa shape index (κ2) is 7.36. The standard InChI is InChI=1S/C19H18N4O4/c1-12(2)14-5-3-4-6-17(14)21-18(24)10-22-11-20-16-8-7-13(23(26)27)9-15(16)19(22)25/h3-9,11-12H,10H2,1-2H3,(H,21,24). The van der Waals surface area contributed by atoms with E-state index in [1.165, 1.54) is 24.5 Å². The molecule has 1 heterocycles. The molecule has 0 aliphatic heterocycles. The van der Waals surface area contributed by atoms with E-state index in [1.807, 2.05) is 32.0 Å². The number of para-hydroxylation sites is 1. The first-order valence-corrected chi connectivity index (χ1v) is 8.39. The fourth-order valence-corrected chi connectivity index (χ4v) is 2.83. The Hall–Kier alpha value is -3.55. The van der Waals surface area contributed by atoms with Crippen LogP contribution >= 0.6 is 0 Å². The van der Waals surface area contributed by atoms with Gasteiger partial charge < -0.3 is 5.32 Å². The molecule has 8 nitrogen and oxygen atoms in total. The fraction of sp³-hybridized carbons (Fsp3) is 0.211. The maximum absolute atomic E-state index is 12.6. The lowest BCUT2D eigenvalue weighted by atomic mass is 10.0. The van der Waals surface area contributed by atoms with Gasteiger partial charge in [0.25, 0.3) is 11.2 Å². The number of benzene rings is 2. The Morgan fingerprint density at radius 3 is 2.70 bits per heavy atom. The number of nitro groups is 1. The first kappa shape index (κ1) is 18.2. The topological polar surface area (TPSA) is 107 Å². The lowest BCUT2D eigenvalue weighted by Gasteiger charge is -2.14. The highest BCUT2D eigenvalue weighted by Crippen LogP contribution is 2.23. The Kier molecular flexibility index (Phi) is 4.98. The first-order chi connectivity index (χ1) is 12.9. The summed E-state index contributed by atoms with van der Waals surface area (Å²) in [5.74, 6) is -0.149. The predicted molar refractivity (Wildman–Crippen MR) is 102 cm³/mol. The van der Waals surface area contributed by atoms with Crippen LogP contribution in [0.25, 0.3) is 10.9 Å². The van der Waals surface area contributed by atoms with Gasteiger partial charge in [0, 0.05) is 17.8 Å². The number of carbonyl (C=O) groups is 1. The number of amides is 1. The number of carbonyl (C=O) groups excluding carboxylic acids is 1. The summed E-state index contributed by atoms with van der Waals surface area (Å²) in [6.07, 6.45) is 1.27. The number of nitro benzene ring substituents is 1. The molecule has 8 heteroatoms. The van der Waals surface area contributed by atoms with Gasteiger partial charge in [-0.2, -0.15) is 0 Å². The van der Waals surface area contributed by atoms with E-state index in [0.717, 1.165) is 10.1 Å². The minimum absolute atomic E-state index is 0.0991. The number of fused-ring (bicyclic) bond motifs is 1. The zero-order chi connectivity index (χ0) is 19.6. The van der Waals surface area contributed by atoms with E-state index in [0.29, 0.717) is 11.2 Å². The van der Waals surface area contributed by atoms with Gasteiger partial charge >= 0.3 is 0 Å². The highest BCUT2D eigenvalue weighted by Gasteiger charge is 2.14. The number of anilines is 1. The van der Waals surface area contributed by atoms with E-state index in [9.17, 15) is 19.7 Å². The summed E-state index contributed by atoms with van der Waals surface area (Å²) >= 11 is 0. The molecule has 27 heavy (non-hydrogen) atoms. The number of nitrogens with one attached hydrogen (secondary N) is 1. The largest absolute Gasteiger partial charge is 0.324 e. The van der Waals surface area contributed by atoms with E-state index in [4.69, 9.17) is 0 Å². The lowest BCUT2D eigenvalue weighted by molar-refractivity contribution is -0.384. The minimum Gasteiger partial charge on any atom is -0.324 e. The molecular weight excluding hydrogens is 348 g/mol. The average molecular weight is 366 g/mol. The maximum atomic E-state index is 12.6. The van der Waals surface area contributed by atoms with Crippen molar-refractivity contribution >= 4 is 28.2 Å². The third kappa shape index (κ3) is 3.84. The highest BCUT2D eigenvalue weighted by atomic mass is 16.6. The quantitative estimate of drug-likeness (QED) is 0.551. The molecule has 2 aromatic carbocycles. The second-order valence-corrected chi connectivity index (χ2v) is 6.43. The molecule has 0 unspecified atom stereocenters. The third-order valence-corrected chi connectivity index (χ3v) is 4.19. The van der Waals surface area contributed by atoms with Crippen molar-refractivity contribution in [3.63, 3.8) is 0 Å². The summed E-state index contributed by atoms with van der Waals surface area (Å²) in [5, 5.41) is 13.8. The number of hydrogen-bond donors (Lipinski definition) is 1. The molecule has 0 atom stereocenters. The molecule has 3 aromatic rings. The van der Waals surface area contributed by atoms with Crippen LogP contribution in [-0.4, -0.2) is 20.4 Å². The monoisotopic (exact) mass is 366 g/mol. The van der Waals surface area contributed by atoms with Gasteiger partial charge in [-0.15, -0.1) is 0 Å². The van der Waals surface area contributed by atoms with Gasteiger partial charge in [0.1, 0.15) is 6.54 Å². The molecule has 138 valence electrons. The van der Waals surface area contributed by atoms with Crippen molar-refractivity contribution in [3.05, 3.63) is 74.8 Å². The Morgan fingerprint density at radius 2 is 2.00 bits per heavy atom. The average Bonchev–Trinajstić information content (AvgIpc) is 2.64.